The number of hydrogen-bond acceptors (Lipinski definition) is 2. The summed E-state index contributed by atoms with van der Waals surface area (Å²) in [5, 5.41) is 0. The van der Waals surface area contributed by atoms with E-state index in [4.69, 9.17) is 4.84 Å². The van der Waals surface area contributed by atoms with E-state index in [1.54, 1.807) is 0 Å². The van der Waals surface area contributed by atoms with Gasteiger partial charge in [0.1, 0.15) is 0 Å². The van der Waals surface area contributed by atoms with Crippen molar-refractivity contribution in [1.29, 1.82) is 0 Å². The smallest absolute Gasteiger partial charge is 0.0682 e. The zero-order valence-corrected chi connectivity index (χ0v) is 5.74. The quantitative estimate of drug-likeness (QED) is 0.516. The van der Waals surface area contributed by atoms with Crippen molar-refractivity contribution in [2.24, 2.45) is 0 Å². The van der Waals surface area contributed by atoms with Crippen LogP contribution in [0.25, 0.3) is 0 Å². The molecule has 0 aromatic heterocycles. The number of hydroxylamine groups is 1. The van der Waals surface area contributed by atoms with Gasteiger partial charge in [-0.15, -0.1) is 0 Å². The minimum absolute atomic E-state index is 0.889. The Labute approximate surface area is 51.2 Å². The number of nitrogens with one attached hydrogen (secondary N) is 1. The van der Waals surface area contributed by atoms with Crippen LogP contribution in [0.1, 0.15) is 26.7 Å². The van der Waals surface area contributed by atoms with Crippen LogP contribution in [0.2, 0.25) is 0 Å². The summed E-state index contributed by atoms with van der Waals surface area (Å²) < 4.78 is 0. The fourth-order valence-corrected chi connectivity index (χ4v) is 0.516. The van der Waals surface area contributed by atoms with Crippen molar-refractivity contribution < 1.29 is 4.84 Å². The van der Waals surface area contributed by atoms with E-state index in [0.717, 1.165) is 13.2 Å². The molecule has 0 aromatic carbocycles. The van der Waals surface area contributed by atoms with Crippen LogP contribution >= 0.6 is 0 Å². The highest BCUT2D eigenvalue weighted by Crippen LogP contribution is 1.91. The van der Waals surface area contributed by atoms with Crippen LogP contribution in [-0.4, -0.2) is 13.2 Å². The van der Waals surface area contributed by atoms with Crippen LogP contribution in [-0.2, 0) is 4.84 Å². The summed E-state index contributed by atoms with van der Waals surface area (Å²) in [6, 6.07) is 0. The second-order valence-electron chi connectivity index (χ2n) is 1.45. The van der Waals surface area contributed by atoms with Crippen molar-refractivity contribution in [2.45, 2.75) is 26.7 Å². The minimum atomic E-state index is 0.889. The molecule has 1 rings (SSSR count). The topological polar surface area (TPSA) is 21.3 Å². The van der Waals surface area contributed by atoms with Gasteiger partial charge in [0.15, 0.2) is 0 Å². The normalized spacial score (nSPS) is 18.8. The SMILES string of the molecule is C1CCONC1.CC. The maximum absolute atomic E-state index is 4.82. The first-order chi connectivity index (χ1) is 4.00. The van der Waals surface area contributed by atoms with Gasteiger partial charge < -0.3 is 4.84 Å². The highest BCUT2D eigenvalue weighted by atomic mass is 16.6. The third-order valence-corrected chi connectivity index (χ3v) is 0.877. The average molecular weight is 117 g/mol. The van der Waals surface area contributed by atoms with E-state index in [0.29, 0.717) is 0 Å². The van der Waals surface area contributed by atoms with E-state index < -0.39 is 0 Å². The largest absolute Gasteiger partial charge is 0.302 e. The third-order valence-electron chi connectivity index (χ3n) is 0.877. The molecule has 2 nitrogen and oxygen atoms in total. The Balaban J connectivity index is 0.000000222. The second-order valence-corrected chi connectivity index (χ2v) is 1.45. The lowest BCUT2D eigenvalue weighted by Crippen LogP contribution is -2.22. The van der Waals surface area contributed by atoms with E-state index in [2.05, 4.69) is 5.48 Å². The molecule has 1 fully saturated rings. The molecular weight excluding hydrogens is 102 g/mol. The van der Waals surface area contributed by atoms with Gasteiger partial charge in [0, 0.05) is 6.54 Å². The highest BCUT2D eigenvalue weighted by Gasteiger charge is 1.93. The van der Waals surface area contributed by atoms with E-state index in [9.17, 15) is 0 Å². The molecule has 0 radical (unpaired) electrons. The van der Waals surface area contributed by atoms with Crippen molar-refractivity contribution in [3.05, 3.63) is 0 Å². The minimum Gasteiger partial charge on any atom is -0.302 e. The van der Waals surface area contributed by atoms with Gasteiger partial charge in [-0.1, -0.05) is 13.8 Å². The Morgan fingerprint density at radius 1 is 1.25 bits per heavy atom. The lowest BCUT2D eigenvalue weighted by Gasteiger charge is -2.09. The highest BCUT2D eigenvalue weighted by molar-refractivity contribution is 4.43. The molecule has 8 heavy (non-hydrogen) atoms. The molecule has 0 aliphatic carbocycles. The van der Waals surface area contributed by atoms with E-state index >= 15 is 0 Å². The predicted molar refractivity (Wildman–Crippen MR) is 34.5 cm³/mol. The lowest BCUT2D eigenvalue weighted by molar-refractivity contribution is 0.0128. The van der Waals surface area contributed by atoms with Crippen LogP contribution in [0.3, 0.4) is 0 Å². The van der Waals surface area contributed by atoms with Crippen molar-refractivity contribution in [3.8, 4) is 0 Å². The Kier molecular flexibility index (Phi) is 6.85. The first-order valence-electron chi connectivity index (χ1n) is 3.35. The van der Waals surface area contributed by atoms with E-state index in [1.165, 1.54) is 12.8 Å². The summed E-state index contributed by atoms with van der Waals surface area (Å²) in [7, 11) is 0. The molecule has 0 saturated carbocycles. The summed E-state index contributed by atoms with van der Waals surface area (Å²) in [6.07, 6.45) is 2.48. The van der Waals surface area contributed by atoms with Crippen LogP contribution in [0.5, 0.6) is 0 Å². The van der Waals surface area contributed by atoms with Crippen LogP contribution in [0.15, 0.2) is 0 Å². The van der Waals surface area contributed by atoms with Gasteiger partial charge in [-0.3, -0.25) is 0 Å². The number of rotatable bonds is 0. The van der Waals surface area contributed by atoms with Crippen molar-refractivity contribution in [1.82, 2.24) is 5.48 Å². The van der Waals surface area contributed by atoms with Gasteiger partial charge in [0.05, 0.1) is 6.61 Å². The molecular formula is C6H15NO. The maximum Gasteiger partial charge on any atom is 0.0682 e. The zero-order chi connectivity index (χ0) is 6.24. The van der Waals surface area contributed by atoms with Gasteiger partial charge in [-0.05, 0) is 12.8 Å². The first kappa shape index (κ1) is 7.92. The average Bonchev–Trinajstić information content (AvgIpc) is 1.96. The van der Waals surface area contributed by atoms with Gasteiger partial charge in [0.2, 0.25) is 0 Å². The summed E-state index contributed by atoms with van der Waals surface area (Å²) >= 11 is 0. The summed E-state index contributed by atoms with van der Waals surface area (Å²) in [5.74, 6) is 0. The van der Waals surface area contributed by atoms with E-state index in [1.807, 2.05) is 13.8 Å². The molecule has 1 saturated heterocycles. The number of hydrogen-bond donors (Lipinski definition) is 1. The fourth-order valence-electron chi connectivity index (χ4n) is 0.516. The zero-order valence-electron chi connectivity index (χ0n) is 5.74. The van der Waals surface area contributed by atoms with Crippen LogP contribution < -0.4 is 5.48 Å². The molecule has 0 aromatic rings. The Bertz CT molecular complexity index is 24.0. The van der Waals surface area contributed by atoms with Crippen molar-refractivity contribution in [2.75, 3.05) is 13.2 Å². The monoisotopic (exact) mass is 117 g/mol. The molecule has 1 aliphatic rings. The molecule has 1 heterocycles. The fraction of sp³-hybridized carbons (Fsp3) is 1.00. The second kappa shape index (κ2) is 6.92. The molecule has 0 bridgehead atoms. The summed E-state index contributed by atoms with van der Waals surface area (Å²) in [5.41, 5.74) is 2.78. The Morgan fingerprint density at radius 2 is 2.00 bits per heavy atom. The predicted octanol–water partition coefficient (Wildman–Crippen LogP) is 1.33. The molecule has 1 aliphatic heterocycles. The maximum atomic E-state index is 4.82. The van der Waals surface area contributed by atoms with E-state index in [-0.39, 0.29) is 0 Å². The molecule has 0 amide bonds. The molecule has 0 spiro atoms. The van der Waals surface area contributed by atoms with Gasteiger partial charge in [-0.25, -0.2) is 5.48 Å². The summed E-state index contributed by atoms with van der Waals surface area (Å²) in [4.78, 5) is 4.82. The molecule has 50 valence electrons. The Morgan fingerprint density at radius 3 is 2.12 bits per heavy atom. The van der Waals surface area contributed by atoms with Gasteiger partial charge >= 0.3 is 0 Å². The Hall–Kier alpha value is -0.0800. The van der Waals surface area contributed by atoms with Crippen molar-refractivity contribution in [3.63, 3.8) is 0 Å². The van der Waals surface area contributed by atoms with Crippen LogP contribution in [0, 0.1) is 0 Å². The van der Waals surface area contributed by atoms with Crippen LogP contribution in [0.4, 0.5) is 0 Å². The molecule has 0 atom stereocenters. The third kappa shape index (κ3) is 4.09. The van der Waals surface area contributed by atoms with Gasteiger partial charge in [0.25, 0.3) is 0 Å². The molecule has 0 unspecified atom stereocenters. The van der Waals surface area contributed by atoms with Crippen molar-refractivity contribution >= 4 is 0 Å². The standard InChI is InChI=1S/C4H9NO.C2H6/c1-2-4-6-5-3-1;1-2/h5H,1-4H2;1-2H3. The molecule has 1 N–H and O–H groups in total. The molecule has 2 heteroatoms. The lowest BCUT2D eigenvalue weighted by atomic mass is 10.3. The van der Waals surface area contributed by atoms with Gasteiger partial charge in [-0.2, -0.15) is 0 Å². The first-order valence-corrected chi connectivity index (χ1v) is 3.35. The summed E-state index contributed by atoms with van der Waals surface area (Å²) in [6.45, 7) is 5.92.